The summed E-state index contributed by atoms with van der Waals surface area (Å²) in [5, 5.41) is 5.83. The second-order valence-electron chi connectivity index (χ2n) is 2.94. The summed E-state index contributed by atoms with van der Waals surface area (Å²) in [6.45, 7) is 6.05. The summed E-state index contributed by atoms with van der Waals surface area (Å²) in [6.07, 6.45) is 1.67. The lowest BCUT2D eigenvalue weighted by atomic mass is 10.6. The van der Waals surface area contributed by atoms with Crippen molar-refractivity contribution in [1.82, 2.24) is 10.3 Å². The summed E-state index contributed by atoms with van der Waals surface area (Å²) >= 11 is 3.21. The molecule has 0 fully saturated rings. The van der Waals surface area contributed by atoms with Crippen molar-refractivity contribution in [3.63, 3.8) is 0 Å². The Bertz CT molecular complexity index is 336. The number of hydrogen-bond acceptors (Lipinski definition) is 4. The van der Waals surface area contributed by atoms with E-state index in [0.717, 1.165) is 16.5 Å². The maximum atomic E-state index is 11.2. The van der Waals surface area contributed by atoms with E-state index in [9.17, 15) is 4.79 Å². The van der Waals surface area contributed by atoms with Crippen LogP contribution in [0.2, 0.25) is 0 Å². The fraction of sp³-hybridized carbons (Fsp3) is 0.400. The minimum absolute atomic E-state index is 0.0480. The molecule has 5 heteroatoms. The zero-order valence-corrected chi connectivity index (χ0v) is 10.3. The van der Waals surface area contributed by atoms with Crippen LogP contribution in [0.5, 0.6) is 0 Å². The first-order valence-electron chi connectivity index (χ1n) is 4.58. The molecule has 0 saturated carbocycles. The van der Waals surface area contributed by atoms with Crippen molar-refractivity contribution >= 4 is 29.0 Å². The number of aryl methyl sites for hydroxylation is 1. The Labute approximate surface area is 98.0 Å². The van der Waals surface area contributed by atoms with Crippen LogP contribution in [0, 0.1) is 6.92 Å². The number of thioether (sulfide) groups is 1. The molecule has 1 rings (SSSR count). The Balaban J connectivity index is 2.16. The maximum absolute atomic E-state index is 11.2. The highest BCUT2D eigenvalue weighted by Gasteiger charge is 2.02. The molecule has 1 aromatic heterocycles. The molecule has 0 aliphatic rings. The highest BCUT2D eigenvalue weighted by atomic mass is 32.2. The van der Waals surface area contributed by atoms with Crippen LogP contribution in [0.25, 0.3) is 0 Å². The van der Waals surface area contributed by atoms with Crippen LogP contribution in [0.3, 0.4) is 0 Å². The number of hydrogen-bond donors (Lipinski definition) is 1. The van der Waals surface area contributed by atoms with Crippen LogP contribution in [-0.2, 0) is 10.5 Å². The third-order valence-corrected chi connectivity index (χ3v) is 3.38. The molecule has 82 valence electrons. The molecule has 3 nitrogen and oxygen atoms in total. The fourth-order valence-electron chi connectivity index (χ4n) is 0.960. The standard InChI is InChI=1S/C10H14N2OS2/c1-3-4-11-10(13)7-14-5-9-6-15-8(2)12-9/h3,6H,1,4-5,7H2,2H3,(H,11,13). The molecule has 0 spiro atoms. The van der Waals surface area contributed by atoms with Crippen LogP contribution in [0.1, 0.15) is 10.7 Å². The van der Waals surface area contributed by atoms with Crippen molar-refractivity contribution in [3.05, 3.63) is 28.7 Å². The van der Waals surface area contributed by atoms with Crippen LogP contribution in [-0.4, -0.2) is 23.2 Å². The van der Waals surface area contributed by atoms with Gasteiger partial charge in [0.05, 0.1) is 16.5 Å². The minimum atomic E-state index is 0.0480. The third kappa shape index (κ3) is 4.99. The van der Waals surface area contributed by atoms with Gasteiger partial charge in [0, 0.05) is 17.7 Å². The molecule has 15 heavy (non-hydrogen) atoms. The van der Waals surface area contributed by atoms with Crippen LogP contribution in [0.15, 0.2) is 18.0 Å². The van der Waals surface area contributed by atoms with Gasteiger partial charge in [-0.05, 0) is 6.92 Å². The van der Waals surface area contributed by atoms with Gasteiger partial charge in [0.1, 0.15) is 0 Å². The first-order valence-corrected chi connectivity index (χ1v) is 6.62. The van der Waals surface area contributed by atoms with E-state index in [1.807, 2.05) is 12.3 Å². The van der Waals surface area contributed by atoms with Gasteiger partial charge in [0.2, 0.25) is 5.91 Å². The van der Waals surface area contributed by atoms with E-state index in [0.29, 0.717) is 12.3 Å². The molecule has 0 aromatic carbocycles. The monoisotopic (exact) mass is 242 g/mol. The summed E-state index contributed by atoms with van der Waals surface area (Å²) < 4.78 is 0. The quantitative estimate of drug-likeness (QED) is 0.776. The SMILES string of the molecule is C=CCNC(=O)CSCc1csc(C)n1. The number of amides is 1. The van der Waals surface area contributed by atoms with Gasteiger partial charge in [-0.1, -0.05) is 6.08 Å². The van der Waals surface area contributed by atoms with E-state index in [-0.39, 0.29) is 5.91 Å². The highest BCUT2D eigenvalue weighted by molar-refractivity contribution is 7.99. The fourth-order valence-corrected chi connectivity index (χ4v) is 2.42. The molecule has 0 saturated heterocycles. The first-order chi connectivity index (χ1) is 7.22. The highest BCUT2D eigenvalue weighted by Crippen LogP contribution is 2.14. The van der Waals surface area contributed by atoms with E-state index >= 15 is 0 Å². The van der Waals surface area contributed by atoms with Crippen LogP contribution >= 0.6 is 23.1 Å². The molecule has 0 radical (unpaired) electrons. The van der Waals surface area contributed by atoms with Crippen LogP contribution in [0.4, 0.5) is 0 Å². The number of aromatic nitrogens is 1. The van der Waals surface area contributed by atoms with Crippen molar-refractivity contribution in [2.45, 2.75) is 12.7 Å². The largest absolute Gasteiger partial charge is 0.352 e. The average molecular weight is 242 g/mol. The Hall–Kier alpha value is -0.810. The Morgan fingerprint density at radius 2 is 2.60 bits per heavy atom. The zero-order chi connectivity index (χ0) is 11.1. The molecular formula is C10H14N2OS2. The molecular weight excluding hydrogens is 228 g/mol. The second kappa shape index (κ2) is 6.63. The molecule has 1 aromatic rings. The Morgan fingerprint density at radius 3 is 3.20 bits per heavy atom. The summed E-state index contributed by atoms with van der Waals surface area (Å²) in [7, 11) is 0. The van der Waals surface area contributed by atoms with Crippen LogP contribution < -0.4 is 5.32 Å². The lowest BCUT2D eigenvalue weighted by Gasteiger charge is -2.00. The number of nitrogens with zero attached hydrogens (tertiary/aromatic N) is 1. The van der Waals surface area contributed by atoms with E-state index in [2.05, 4.69) is 16.9 Å². The van der Waals surface area contributed by atoms with Gasteiger partial charge in [0.25, 0.3) is 0 Å². The molecule has 1 N–H and O–H groups in total. The van der Waals surface area contributed by atoms with Crippen molar-refractivity contribution in [3.8, 4) is 0 Å². The van der Waals surface area contributed by atoms with Gasteiger partial charge in [0.15, 0.2) is 0 Å². The molecule has 1 heterocycles. The van der Waals surface area contributed by atoms with E-state index in [1.165, 1.54) is 0 Å². The topological polar surface area (TPSA) is 42.0 Å². The Kier molecular flexibility index (Phi) is 5.42. The number of rotatable bonds is 6. The number of nitrogens with one attached hydrogen (secondary N) is 1. The summed E-state index contributed by atoms with van der Waals surface area (Å²) in [6, 6.07) is 0. The molecule has 0 unspecified atom stereocenters. The number of carbonyl (C=O) groups excluding carboxylic acids is 1. The second-order valence-corrected chi connectivity index (χ2v) is 4.99. The lowest BCUT2D eigenvalue weighted by molar-refractivity contribution is -0.118. The zero-order valence-electron chi connectivity index (χ0n) is 8.66. The van der Waals surface area contributed by atoms with Crippen molar-refractivity contribution < 1.29 is 4.79 Å². The van der Waals surface area contributed by atoms with Crippen molar-refractivity contribution in [2.75, 3.05) is 12.3 Å². The molecule has 0 atom stereocenters. The minimum Gasteiger partial charge on any atom is -0.352 e. The molecule has 1 amide bonds. The predicted octanol–water partition coefficient (Wildman–Crippen LogP) is 1.99. The van der Waals surface area contributed by atoms with E-state index < -0.39 is 0 Å². The van der Waals surface area contributed by atoms with Crippen molar-refractivity contribution in [1.29, 1.82) is 0 Å². The summed E-state index contributed by atoms with van der Waals surface area (Å²) in [4.78, 5) is 15.5. The lowest BCUT2D eigenvalue weighted by Crippen LogP contribution is -2.24. The smallest absolute Gasteiger partial charge is 0.230 e. The first kappa shape index (κ1) is 12.3. The average Bonchev–Trinajstić information content (AvgIpc) is 2.61. The van der Waals surface area contributed by atoms with Gasteiger partial charge >= 0.3 is 0 Å². The summed E-state index contributed by atoms with van der Waals surface area (Å²) in [5.41, 5.74) is 1.05. The number of carbonyl (C=O) groups is 1. The van der Waals surface area contributed by atoms with Gasteiger partial charge in [-0.25, -0.2) is 4.98 Å². The van der Waals surface area contributed by atoms with Crippen molar-refractivity contribution in [2.24, 2.45) is 0 Å². The normalized spacial score (nSPS) is 9.93. The van der Waals surface area contributed by atoms with Gasteiger partial charge < -0.3 is 5.32 Å². The Morgan fingerprint density at radius 1 is 1.80 bits per heavy atom. The molecule has 0 aliphatic heterocycles. The van der Waals surface area contributed by atoms with Gasteiger partial charge in [-0.3, -0.25) is 4.79 Å². The van der Waals surface area contributed by atoms with E-state index in [1.54, 1.807) is 29.2 Å². The van der Waals surface area contributed by atoms with Gasteiger partial charge in [-0.2, -0.15) is 0 Å². The molecule has 0 aliphatic carbocycles. The number of thiazole rings is 1. The summed E-state index contributed by atoms with van der Waals surface area (Å²) in [5.74, 6) is 1.32. The molecule has 0 bridgehead atoms. The van der Waals surface area contributed by atoms with E-state index in [4.69, 9.17) is 0 Å². The maximum Gasteiger partial charge on any atom is 0.230 e. The van der Waals surface area contributed by atoms with Gasteiger partial charge in [-0.15, -0.1) is 29.7 Å². The third-order valence-electron chi connectivity index (χ3n) is 1.59. The predicted molar refractivity (Wildman–Crippen MR) is 66.2 cm³/mol.